The molecule has 1 aliphatic carbocycles. The minimum absolute atomic E-state index is 0.541. The second kappa shape index (κ2) is 5.53. The Bertz CT molecular complexity index is 319. The third-order valence-electron chi connectivity index (χ3n) is 4.38. The fraction of sp³-hybridized carbons (Fsp3) is 0.733. The lowest BCUT2D eigenvalue weighted by Crippen LogP contribution is -2.41. The lowest BCUT2D eigenvalue weighted by Gasteiger charge is -2.42. The Morgan fingerprint density at radius 3 is 2.59 bits per heavy atom. The normalized spacial score (nSPS) is 20.2. The predicted molar refractivity (Wildman–Crippen MR) is 76.5 cm³/mol. The van der Waals surface area contributed by atoms with Crippen LogP contribution in [0.15, 0.2) is 17.5 Å². The van der Waals surface area contributed by atoms with Crippen LogP contribution in [-0.4, -0.2) is 6.54 Å². The molecule has 0 radical (unpaired) electrons. The molecule has 2 heteroatoms. The van der Waals surface area contributed by atoms with E-state index in [0.717, 1.165) is 0 Å². The molecule has 96 valence electrons. The van der Waals surface area contributed by atoms with Gasteiger partial charge in [-0.3, -0.25) is 0 Å². The molecule has 1 heterocycles. The van der Waals surface area contributed by atoms with Crippen molar-refractivity contribution in [3.63, 3.8) is 0 Å². The molecule has 1 aliphatic rings. The zero-order chi connectivity index (χ0) is 12.3. The molecule has 2 rings (SSSR count). The van der Waals surface area contributed by atoms with Crippen LogP contribution < -0.4 is 5.32 Å². The first-order chi connectivity index (χ1) is 8.17. The van der Waals surface area contributed by atoms with Gasteiger partial charge >= 0.3 is 0 Å². The van der Waals surface area contributed by atoms with E-state index in [0.29, 0.717) is 17.4 Å². The van der Waals surface area contributed by atoms with Crippen LogP contribution in [0.3, 0.4) is 0 Å². The summed E-state index contributed by atoms with van der Waals surface area (Å²) in [5.41, 5.74) is 0.615. The van der Waals surface area contributed by atoms with Crippen molar-refractivity contribution in [2.75, 3.05) is 6.54 Å². The van der Waals surface area contributed by atoms with Crippen LogP contribution in [0.25, 0.3) is 0 Å². The van der Waals surface area contributed by atoms with E-state index in [-0.39, 0.29) is 0 Å². The average molecular weight is 251 g/mol. The first kappa shape index (κ1) is 13.1. The van der Waals surface area contributed by atoms with E-state index in [4.69, 9.17) is 0 Å². The molecule has 1 nitrogen and oxygen atoms in total. The summed E-state index contributed by atoms with van der Waals surface area (Å²) in [6.07, 6.45) is 5.60. The maximum absolute atomic E-state index is 3.83. The van der Waals surface area contributed by atoms with Gasteiger partial charge in [-0.2, -0.15) is 0 Å². The quantitative estimate of drug-likeness (QED) is 0.778. The first-order valence-corrected chi connectivity index (χ1v) is 7.82. The molecule has 1 aromatic heterocycles. The molecule has 0 aliphatic heterocycles. The van der Waals surface area contributed by atoms with Crippen molar-refractivity contribution in [2.24, 2.45) is 11.3 Å². The van der Waals surface area contributed by atoms with Gasteiger partial charge in [0.25, 0.3) is 0 Å². The fourth-order valence-corrected chi connectivity index (χ4v) is 3.77. The van der Waals surface area contributed by atoms with E-state index in [1.54, 1.807) is 0 Å². The molecule has 0 saturated heterocycles. The second-order valence-corrected chi connectivity index (χ2v) is 6.80. The van der Waals surface area contributed by atoms with Crippen LogP contribution >= 0.6 is 11.3 Å². The first-order valence-electron chi connectivity index (χ1n) is 6.94. The van der Waals surface area contributed by atoms with Crippen LogP contribution in [0.1, 0.15) is 57.4 Å². The van der Waals surface area contributed by atoms with E-state index >= 15 is 0 Å². The largest absolute Gasteiger partial charge is 0.308 e. The minimum atomic E-state index is 0.541. The molecule has 1 aromatic rings. The van der Waals surface area contributed by atoms with Crippen molar-refractivity contribution in [3.05, 3.63) is 22.4 Å². The third kappa shape index (κ3) is 2.92. The van der Waals surface area contributed by atoms with Crippen molar-refractivity contribution in [1.82, 2.24) is 5.32 Å². The zero-order valence-electron chi connectivity index (χ0n) is 11.3. The van der Waals surface area contributed by atoms with E-state index in [1.807, 2.05) is 11.3 Å². The van der Waals surface area contributed by atoms with Gasteiger partial charge in [0.2, 0.25) is 0 Å². The molecule has 0 bridgehead atoms. The third-order valence-corrected chi connectivity index (χ3v) is 5.33. The van der Waals surface area contributed by atoms with Crippen LogP contribution in [-0.2, 0) is 0 Å². The van der Waals surface area contributed by atoms with Gasteiger partial charge in [-0.1, -0.05) is 33.3 Å². The SMILES string of the molecule is CCC1(CNC(c2cccs2)C(C)C)CCC1. The van der Waals surface area contributed by atoms with Gasteiger partial charge in [0, 0.05) is 17.5 Å². The number of hydrogen-bond acceptors (Lipinski definition) is 2. The topological polar surface area (TPSA) is 12.0 Å². The summed E-state index contributed by atoms with van der Waals surface area (Å²) in [6, 6.07) is 4.97. The molecule has 0 amide bonds. The number of thiophene rings is 1. The summed E-state index contributed by atoms with van der Waals surface area (Å²) in [5, 5.41) is 6.01. The van der Waals surface area contributed by atoms with Crippen LogP contribution in [0.2, 0.25) is 0 Å². The highest BCUT2D eigenvalue weighted by Gasteiger charge is 2.35. The molecule has 1 fully saturated rings. The minimum Gasteiger partial charge on any atom is -0.308 e. The molecule has 1 atom stereocenters. The van der Waals surface area contributed by atoms with Gasteiger partial charge in [0.05, 0.1) is 0 Å². The summed E-state index contributed by atoms with van der Waals surface area (Å²) < 4.78 is 0. The van der Waals surface area contributed by atoms with Gasteiger partial charge in [0.1, 0.15) is 0 Å². The molecule has 0 aromatic carbocycles. The highest BCUT2D eigenvalue weighted by molar-refractivity contribution is 7.10. The van der Waals surface area contributed by atoms with E-state index in [1.165, 1.54) is 37.1 Å². The maximum Gasteiger partial charge on any atom is 0.0438 e. The molecule has 17 heavy (non-hydrogen) atoms. The van der Waals surface area contributed by atoms with E-state index in [9.17, 15) is 0 Å². The predicted octanol–water partition coefficient (Wildman–Crippen LogP) is 4.62. The number of nitrogens with one attached hydrogen (secondary N) is 1. The monoisotopic (exact) mass is 251 g/mol. The number of rotatable bonds is 6. The van der Waals surface area contributed by atoms with Crippen molar-refractivity contribution in [2.45, 2.75) is 52.5 Å². The summed E-state index contributed by atoms with van der Waals surface area (Å²) in [5.74, 6) is 0.669. The zero-order valence-corrected chi connectivity index (χ0v) is 12.1. The van der Waals surface area contributed by atoms with Crippen LogP contribution in [0, 0.1) is 11.3 Å². The highest BCUT2D eigenvalue weighted by Crippen LogP contribution is 2.43. The molecule has 0 spiro atoms. The maximum atomic E-state index is 3.83. The Kier molecular flexibility index (Phi) is 4.26. The van der Waals surface area contributed by atoms with E-state index < -0.39 is 0 Å². The summed E-state index contributed by atoms with van der Waals surface area (Å²) in [4.78, 5) is 1.49. The Morgan fingerprint density at radius 1 is 1.41 bits per heavy atom. The Labute approximate surface area is 110 Å². The van der Waals surface area contributed by atoms with Gasteiger partial charge in [-0.05, 0) is 42.0 Å². The smallest absolute Gasteiger partial charge is 0.0438 e. The molecule has 1 unspecified atom stereocenters. The lowest BCUT2D eigenvalue weighted by molar-refractivity contribution is 0.115. The van der Waals surface area contributed by atoms with Gasteiger partial charge in [-0.25, -0.2) is 0 Å². The Hall–Kier alpha value is -0.340. The van der Waals surface area contributed by atoms with Crippen molar-refractivity contribution >= 4 is 11.3 Å². The molecule has 1 saturated carbocycles. The lowest BCUT2D eigenvalue weighted by atomic mass is 9.67. The summed E-state index contributed by atoms with van der Waals surface area (Å²) in [7, 11) is 0. The summed E-state index contributed by atoms with van der Waals surface area (Å²) in [6.45, 7) is 8.17. The fourth-order valence-electron chi connectivity index (χ4n) is 2.79. The second-order valence-electron chi connectivity index (χ2n) is 5.83. The van der Waals surface area contributed by atoms with Crippen LogP contribution in [0.5, 0.6) is 0 Å². The van der Waals surface area contributed by atoms with E-state index in [2.05, 4.69) is 43.6 Å². The molecule has 1 N–H and O–H groups in total. The van der Waals surface area contributed by atoms with Crippen molar-refractivity contribution in [3.8, 4) is 0 Å². The molecular formula is C15H25NS. The summed E-state index contributed by atoms with van der Waals surface area (Å²) >= 11 is 1.88. The van der Waals surface area contributed by atoms with Crippen LogP contribution in [0.4, 0.5) is 0 Å². The Balaban J connectivity index is 1.95. The highest BCUT2D eigenvalue weighted by atomic mass is 32.1. The number of hydrogen-bond donors (Lipinski definition) is 1. The van der Waals surface area contributed by atoms with Crippen molar-refractivity contribution in [1.29, 1.82) is 0 Å². The standard InChI is InChI=1S/C15H25NS/c1-4-15(8-6-9-15)11-16-14(12(2)3)13-7-5-10-17-13/h5,7,10,12,14,16H,4,6,8-9,11H2,1-3H3. The average Bonchev–Trinajstić information content (AvgIpc) is 2.74. The van der Waals surface area contributed by atoms with Crippen molar-refractivity contribution < 1.29 is 0 Å². The van der Waals surface area contributed by atoms with Gasteiger partial charge < -0.3 is 5.32 Å². The Morgan fingerprint density at radius 2 is 2.18 bits per heavy atom. The van der Waals surface area contributed by atoms with Gasteiger partial charge in [-0.15, -0.1) is 11.3 Å². The molecular weight excluding hydrogens is 226 g/mol. The van der Waals surface area contributed by atoms with Gasteiger partial charge in [0.15, 0.2) is 0 Å².